The lowest BCUT2D eigenvalue weighted by molar-refractivity contribution is 0.336. The van der Waals surface area contributed by atoms with Crippen LogP contribution < -0.4 is 5.32 Å². The van der Waals surface area contributed by atoms with E-state index in [1.807, 2.05) is 20.9 Å². The Bertz CT molecular complexity index is 509. The second-order valence-corrected chi connectivity index (χ2v) is 4.33. The third kappa shape index (κ3) is 2.56. The predicted octanol–water partition coefficient (Wildman–Crippen LogP) is 2.59. The fourth-order valence-electron chi connectivity index (χ4n) is 1.60. The van der Waals surface area contributed by atoms with Gasteiger partial charge in [-0.1, -0.05) is 12.1 Å². The van der Waals surface area contributed by atoms with Crippen molar-refractivity contribution in [1.82, 2.24) is 15.5 Å². The lowest BCUT2D eigenvalue weighted by Crippen LogP contribution is -2.27. The first-order valence-electron chi connectivity index (χ1n) is 5.88. The topological polar surface area (TPSA) is 51.0 Å². The molecular formula is C13H16FN3O. The van der Waals surface area contributed by atoms with E-state index in [-0.39, 0.29) is 17.8 Å². The van der Waals surface area contributed by atoms with Gasteiger partial charge in [0.2, 0.25) is 11.7 Å². The molecule has 0 saturated heterocycles. The Hall–Kier alpha value is -1.75. The summed E-state index contributed by atoms with van der Waals surface area (Å²) in [6.45, 7) is 4.07. The number of nitrogens with one attached hydrogen (secondary N) is 1. The molecule has 0 amide bonds. The van der Waals surface area contributed by atoms with Crippen molar-refractivity contribution in [2.75, 3.05) is 7.05 Å². The highest BCUT2D eigenvalue weighted by Crippen LogP contribution is 2.21. The summed E-state index contributed by atoms with van der Waals surface area (Å²) in [6.07, 6.45) is 0. The minimum Gasteiger partial charge on any atom is -0.339 e. The molecule has 0 aliphatic heterocycles. The zero-order chi connectivity index (χ0) is 13.1. The molecule has 0 bridgehead atoms. The number of aromatic nitrogens is 2. The van der Waals surface area contributed by atoms with E-state index in [0.717, 1.165) is 5.56 Å². The second-order valence-electron chi connectivity index (χ2n) is 4.33. The van der Waals surface area contributed by atoms with Crippen LogP contribution in [0, 0.1) is 5.82 Å². The zero-order valence-corrected chi connectivity index (χ0v) is 10.6. The van der Waals surface area contributed by atoms with E-state index >= 15 is 0 Å². The molecule has 1 aromatic heterocycles. The first kappa shape index (κ1) is 12.7. The third-order valence-electron chi connectivity index (χ3n) is 3.14. The van der Waals surface area contributed by atoms with Crippen LogP contribution in [0.1, 0.15) is 25.7 Å². The molecule has 1 N–H and O–H groups in total. The van der Waals surface area contributed by atoms with E-state index in [1.54, 1.807) is 12.1 Å². The van der Waals surface area contributed by atoms with Crippen LogP contribution >= 0.6 is 0 Å². The normalized spacial score (nSPS) is 14.4. The molecular weight excluding hydrogens is 233 g/mol. The van der Waals surface area contributed by atoms with Crippen molar-refractivity contribution < 1.29 is 8.91 Å². The smallest absolute Gasteiger partial charge is 0.231 e. The first-order chi connectivity index (χ1) is 8.61. The Morgan fingerprint density at radius 3 is 2.50 bits per heavy atom. The Morgan fingerprint density at radius 1 is 1.22 bits per heavy atom. The molecule has 2 unspecified atom stereocenters. The van der Waals surface area contributed by atoms with Crippen LogP contribution in [-0.4, -0.2) is 23.2 Å². The number of nitrogens with zero attached hydrogens (tertiary/aromatic N) is 2. The van der Waals surface area contributed by atoms with Crippen molar-refractivity contribution in [3.05, 3.63) is 36.0 Å². The van der Waals surface area contributed by atoms with Crippen LogP contribution in [-0.2, 0) is 0 Å². The Kier molecular flexibility index (Phi) is 3.72. The average molecular weight is 249 g/mol. The van der Waals surface area contributed by atoms with E-state index in [2.05, 4.69) is 15.5 Å². The van der Waals surface area contributed by atoms with Gasteiger partial charge in [0.05, 0.1) is 5.92 Å². The van der Waals surface area contributed by atoms with Gasteiger partial charge in [0.1, 0.15) is 5.82 Å². The number of likely N-dealkylation sites (N-methyl/N-ethyl adjacent to an activating group) is 1. The molecule has 1 aromatic carbocycles. The molecule has 1 heterocycles. The van der Waals surface area contributed by atoms with Crippen LogP contribution in [0.25, 0.3) is 11.4 Å². The van der Waals surface area contributed by atoms with Crippen LogP contribution in [0.15, 0.2) is 28.8 Å². The van der Waals surface area contributed by atoms with E-state index < -0.39 is 0 Å². The van der Waals surface area contributed by atoms with E-state index in [4.69, 9.17) is 4.52 Å². The van der Waals surface area contributed by atoms with Crippen LogP contribution in [0.4, 0.5) is 4.39 Å². The average Bonchev–Trinajstić information content (AvgIpc) is 2.87. The molecule has 4 nitrogen and oxygen atoms in total. The van der Waals surface area contributed by atoms with Gasteiger partial charge in [0.15, 0.2) is 0 Å². The molecule has 0 fully saturated rings. The van der Waals surface area contributed by atoms with Crippen molar-refractivity contribution >= 4 is 0 Å². The maximum atomic E-state index is 12.8. The van der Waals surface area contributed by atoms with E-state index in [9.17, 15) is 4.39 Å². The van der Waals surface area contributed by atoms with Crippen LogP contribution in [0.2, 0.25) is 0 Å². The van der Waals surface area contributed by atoms with Gasteiger partial charge in [0.25, 0.3) is 0 Å². The summed E-state index contributed by atoms with van der Waals surface area (Å²) in [5, 5.41) is 7.06. The number of benzene rings is 1. The number of hydrogen-bond donors (Lipinski definition) is 1. The third-order valence-corrected chi connectivity index (χ3v) is 3.14. The molecule has 2 aromatic rings. The fourth-order valence-corrected chi connectivity index (χ4v) is 1.60. The van der Waals surface area contributed by atoms with Gasteiger partial charge in [-0.05, 0) is 38.2 Å². The summed E-state index contributed by atoms with van der Waals surface area (Å²) >= 11 is 0. The van der Waals surface area contributed by atoms with Gasteiger partial charge >= 0.3 is 0 Å². The van der Waals surface area contributed by atoms with E-state index in [0.29, 0.717) is 11.7 Å². The van der Waals surface area contributed by atoms with Crippen molar-refractivity contribution in [3.63, 3.8) is 0 Å². The van der Waals surface area contributed by atoms with Crippen molar-refractivity contribution in [1.29, 1.82) is 0 Å². The Labute approximate surface area is 105 Å². The molecule has 18 heavy (non-hydrogen) atoms. The zero-order valence-electron chi connectivity index (χ0n) is 10.6. The van der Waals surface area contributed by atoms with Gasteiger partial charge in [-0.15, -0.1) is 0 Å². The SMILES string of the molecule is CNC(C)C(C)c1nc(-c2ccc(F)cc2)no1. The number of halogens is 1. The van der Waals surface area contributed by atoms with Gasteiger partial charge in [-0.3, -0.25) is 0 Å². The van der Waals surface area contributed by atoms with Crippen molar-refractivity contribution in [2.24, 2.45) is 0 Å². The number of hydrogen-bond acceptors (Lipinski definition) is 4. The predicted molar refractivity (Wildman–Crippen MR) is 66.6 cm³/mol. The molecule has 2 rings (SSSR count). The highest BCUT2D eigenvalue weighted by molar-refractivity contribution is 5.53. The van der Waals surface area contributed by atoms with Gasteiger partial charge in [-0.2, -0.15) is 4.98 Å². The first-order valence-corrected chi connectivity index (χ1v) is 5.88. The molecule has 0 spiro atoms. The minimum absolute atomic E-state index is 0.122. The minimum atomic E-state index is -0.278. The van der Waals surface area contributed by atoms with Crippen LogP contribution in [0.5, 0.6) is 0 Å². The van der Waals surface area contributed by atoms with Crippen LogP contribution in [0.3, 0.4) is 0 Å². The number of rotatable bonds is 4. The molecule has 0 aliphatic rings. The molecule has 96 valence electrons. The van der Waals surface area contributed by atoms with Gasteiger partial charge in [0, 0.05) is 11.6 Å². The van der Waals surface area contributed by atoms with Gasteiger partial charge in [-0.25, -0.2) is 4.39 Å². The lowest BCUT2D eigenvalue weighted by atomic mass is 10.0. The highest BCUT2D eigenvalue weighted by atomic mass is 19.1. The summed E-state index contributed by atoms with van der Waals surface area (Å²) in [6, 6.07) is 6.27. The van der Waals surface area contributed by atoms with E-state index in [1.165, 1.54) is 12.1 Å². The lowest BCUT2D eigenvalue weighted by Gasteiger charge is -2.14. The molecule has 0 saturated carbocycles. The summed E-state index contributed by atoms with van der Waals surface area (Å²) in [5.74, 6) is 0.910. The Morgan fingerprint density at radius 2 is 1.89 bits per heavy atom. The molecule has 2 atom stereocenters. The molecule has 0 radical (unpaired) electrons. The maximum Gasteiger partial charge on any atom is 0.231 e. The fraction of sp³-hybridized carbons (Fsp3) is 0.385. The summed E-state index contributed by atoms with van der Waals surface area (Å²) in [7, 11) is 1.89. The summed E-state index contributed by atoms with van der Waals surface area (Å²) < 4.78 is 18.1. The van der Waals surface area contributed by atoms with Crippen molar-refractivity contribution in [3.8, 4) is 11.4 Å². The second kappa shape index (κ2) is 5.27. The quantitative estimate of drug-likeness (QED) is 0.904. The summed E-state index contributed by atoms with van der Waals surface area (Å²) in [5.41, 5.74) is 0.746. The summed E-state index contributed by atoms with van der Waals surface area (Å²) in [4.78, 5) is 4.34. The van der Waals surface area contributed by atoms with Crippen molar-refractivity contribution in [2.45, 2.75) is 25.8 Å². The molecule has 5 heteroatoms. The maximum absolute atomic E-state index is 12.8. The Balaban J connectivity index is 2.22. The van der Waals surface area contributed by atoms with Gasteiger partial charge < -0.3 is 9.84 Å². The standard InChI is InChI=1S/C13H16FN3O/c1-8(9(2)15-3)13-16-12(17-18-13)10-4-6-11(14)7-5-10/h4-9,15H,1-3H3. The highest BCUT2D eigenvalue weighted by Gasteiger charge is 2.19. The monoisotopic (exact) mass is 249 g/mol. The largest absolute Gasteiger partial charge is 0.339 e. The molecule has 0 aliphatic carbocycles.